The number of aryl methyl sites for hydroxylation is 2. The van der Waals surface area contributed by atoms with Gasteiger partial charge in [0.25, 0.3) is 5.56 Å². The third kappa shape index (κ3) is 4.05. The van der Waals surface area contributed by atoms with Crippen LogP contribution >= 0.6 is 0 Å². The van der Waals surface area contributed by atoms with E-state index in [0.717, 1.165) is 69.3 Å². The molecule has 2 fully saturated rings. The molecular formula is C21H29N5O2. The minimum Gasteiger partial charge on any atom is -0.361 e. The van der Waals surface area contributed by atoms with Crippen molar-refractivity contribution in [2.24, 2.45) is 0 Å². The van der Waals surface area contributed by atoms with Crippen LogP contribution in [-0.2, 0) is 25.9 Å². The summed E-state index contributed by atoms with van der Waals surface area (Å²) in [6.07, 6.45) is 6.88. The Hall–Kier alpha value is -1.99. The Labute approximate surface area is 165 Å². The maximum atomic E-state index is 12.3. The van der Waals surface area contributed by atoms with Crippen LogP contribution in [0.25, 0.3) is 0 Å². The average molecular weight is 383 g/mol. The van der Waals surface area contributed by atoms with E-state index in [9.17, 15) is 4.79 Å². The van der Waals surface area contributed by atoms with Gasteiger partial charge in [0, 0.05) is 57.3 Å². The monoisotopic (exact) mass is 383 g/mol. The lowest BCUT2D eigenvalue weighted by Crippen LogP contribution is -2.47. The molecule has 0 spiro atoms. The fourth-order valence-electron chi connectivity index (χ4n) is 4.36. The van der Waals surface area contributed by atoms with Crippen molar-refractivity contribution in [3.8, 4) is 0 Å². The number of piperazine rings is 1. The van der Waals surface area contributed by atoms with Crippen LogP contribution in [0.3, 0.4) is 0 Å². The van der Waals surface area contributed by atoms with Crippen LogP contribution < -0.4 is 5.56 Å². The van der Waals surface area contributed by atoms with E-state index in [-0.39, 0.29) is 5.56 Å². The Kier molecular flexibility index (Phi) is 5.03. The number of nitrogens with zero attached hydrogens (tertiary/aromatic N) is 5. The van der Waals surface area contributed by atoms with E-state index >= 15 is 0 Å². The molecule has 3 heterocycles. The molecule has 150 valence electrons. The van der Waals surface area contributed by atoms with Gasteiger partial charge >= 0.3 is 0 Å². The predicted molar refractivity (Wildman–Crippen MR) is 105 cm³/mol. The summed E-state index contributed by atoms with van der Waals surface area (Å²) in [7, 11) is 0. The van der Waals surface area contributed by atoms with Crippen LogP contribution in [0.5, 0.6) is 0 Å². The molecule has 0 N–H and O–H groups in total. The van der Waals surface area contributed by atoms with Crippen molar-refractivity contribution in [1.82, 2.24) is 24.7 Å². The van der Waals surface area contributed by atoms with Crippen LogP contribution in [0, 0.1) is 0 Å². The van der Waals surface area contributed by atoms with E-state index in [1.807, 2.05) is 6.07 Å². The maximum Gasteiger partial charge on any atom is 0.267 e. The molecule has 0 unspecified atom stereocenters. The van der Waals surface area contributed by atoms with E-state index in [4.69, 9.17) is 4.52 Å². The molecule has 0 bridgehead atoms. The molecule has 2 aliphatic carbocycles. The predicted octanol–water partition coefficient (Wildman–Crippen LogP) is 1.81. The second kappa shape index (κ2) is 7.79. The van der Waals surface area contributed by atoms with Crippen LogP contribution in [0.2, 0.25) is 0 Å². The second-order valence-electron chi connectivity index (χ2n) is 8.50. The first-order chi connectivity index (χ1) is 13.7. The number of fused-ring (bicyclic) bond motifs is 1. The molecule has 2 aromatic heterocycles. The fraction of sp³-hybridized carbons (Fsp3) is 0.667. The molecule has 0 atom stereocenters. The van der Waals surface area contributed by atoms with Crippen molar-refractivity contribution in [3.05, 3.63) is 45.2 Å². The summed E-state index contributed by atoms with van der Waals surface area (Å²) in [4.78, 5) is 17.2. The highest BCUT2D eigenvalue weighted by atomic mass is 16.5. The van der Waals surface area contributed by atoms with Gasteiger partial charge in [-0.05, 0) is 44.1 Å². The minimum atomic E-state index is 0.0526. The number of rotatable bonds is 6. The Balaban J connectivity index is 1.11. The van der Waals surface area contributed by atoms with E-state index < -0.39 is 0 Å². The van der Waals surface area contributed by atoms with Gasteiger partial charge in [0.2, 0.25) is 0 Å². The number of hydrogen-bond acceptors (Lipinski definition) is 6. The van der Waals surface area contributed by atoms with Crippen molar-refractivity contribution >= 4 is 0 Å². The Morgan fingerprint density at radius 1 is 1.00 bits per heavy atom. The third-order valence-corrected chi connectivity index (χ3v) is 6.31. The quantitative estimate of drug-likeness (QED) is 0.758. The van der Waals surface area contributed by atoms with Gasteiger partial charge in [-0.3, -0.25) is 14.6 Å². The summed E-state index contributed by atoms with van der Waals surface area (Å²) in [5.74, 6) is 1.69. The van der Waals surface area contributed by atoms with Gasteiger partial charge in [-0.25, -0.2) is 4.68 Å². The molecular weight excluding hydrogens is 354 g/mol. The molecule has 1 aliphatic heterocycles. The molecule has 28 heavy (non-hydrogen) atoms. The zero-order valence-electron chi connectivity index (χ0n) is 16.5. The molecule has 1 saturated heterocycles. The Morgan fingerprint density at radius 3 is 2.61 bits per heavy atom. The molecule has 2 aromatic rings. The molecule has 1 saturated carbocycles. The molecule has 5 rings (SSSR count). The van der Waals surface area contributed by atoms with Crippen LogP contribution in [0.15, 0.2) is 21.5 Å². The average Bonchev–Trinajstić information content (AvgIpc) is 3.47. The van der Waals surface area contributed by atoms with E-state index in [1.54, 1.807) is 4.68 Å². The van der Waals surface area contributed by atoms with Crippen LogP contribution in [0.4, 0.5) is 0 Å². The highest BCUT2D eigenvalue weighted by Gasteiger charge is 2.28. The SMILES string of the molecule is O=c1cc2c(nn1CCN1CCN(Cc3cc(C4CC4)on3)CC1)CCCC2. The zero-order valence-corrected chi connectivity index (χ0v) is 16.5. The van der Waals surface area contributed by atoms with Gasteiger partial charge in [0.05, 0.1) is 17.9 Å². The highest BCUT2D eigenvalue weighted by Crippen LogP contribution is 2.40. The summed E-state index contributed by atoms with van der Waals surface area (Å²) >= 11 is 0. The normalized spacial score (nSPS) is 21.0. The molecule has 3 aliphatic rings. The maximum absolute atomic E-state index is 12.3. The third-order valence-electron chi connectivity index (χ3n) is 6.31. The Morgan fingerprint density at radius 2 is 1.79 bits per heavy atom. The van der Waals surface area contributed by atoms with Gasteiger partial charge in [-0.1, -0.05) is 5.16 Å². The largest absolute Gasteiger partial charge is 0.361 e. The molecule has 7 nitrogen and oxygen atoms in total. The van der Waals surface area contributed by atoms with Crippen molar-refractivity contribution in [2.75, 3.05) is 32.7 Å². The van der Waals surface area contributed by atoms with E-state index in [1.165, 1.54) is 31.2 Å². The second-order valence-corrected chi connectivity index (χ2v) is 8.50. The minimum absolute atomic E-state index is 0.0526. The lowest BCUT2D eigenvalue weighted by Gasteiger charge is -2.34. The zero-order chi connectivity index (χ0) is 18.9. The van der Waals surface area contributed by atoms with Crippen molar-refractivity contribution in [1.29, 1.82) is 0 Å². The molecule has 0 radical (unpaired) electrons. The van der Waals surface area contributed by atoms with E-state index in [2.05, 4.69) is 26.1 Å². The van der Waals surface area contributed by atoms with Crippen molar-refractivity contribution < 1.29 is 4.52 Å². The summed E-state index contributed by atoms with van der Waals surface area (Å²) in [5.41, 5.74) is 3.41. The first-order valence-electron chi connectivity index (χ1n) is 10.7. The highest BCUT2D eigenvalue weighted by molar-refractivity contribution is 5.20. The first kappa shape index (κ1) is 18.1. The van der Waals surface area contributed by atoms with E-state index in [0.29, 0.717) is 12.5 Å². The van der Waals surface area contributed by atoms with Gasteiger partial charge in [-0.15, -0.1) is 0 Å². The fourth-order valence-corrected chi connectivity index (χ4v) is 4.36. The molecule has 0 amide bonds. The van der Waals surface area contributed by atoms with Crippen molar-refractivity contribution in [3.63, 3.8) is 0 Å². The van der Waals surface area contributed by atoms with Gasteiger partial charge in [-0.2, -0.15) is 5.10 Å². The smallest absolute Gasteiger partial charge is 0.267 e. The lowest BCUT2D eigenvalue weighted by molar-refractivity contribution is 0.120. The standard InChI is InChI=1S/C21H29N5O2/c27-21-13-17-3-1-2-4-19(17)22-26(21)12-11-24-7-9-25(10-8-24)15-18-14-20(28-23-18)16-5-6-16/h13-14,16H,1-12,15H2. The van der Waals surface area contributed by atoms with Gasteiger partial charge in [0.1, 0.15) is 5.76 Å². The summed E-state index contributed by atoms with van der Waals surface area (Å²) in [6, 6.07) is 3.95. The molecule has 0 aromatic carbocycles. The Bertz CT molecular complexity index is 877. The van der Waals surface area contributed by atoms with Crippen LogP contribution in [-0.4, -0.2) is 57.5 Å². The number of hydrogen-bond donors (Lipinski definition) is 0. The van der Waals surface area contributed by atoms with Crippen LogP contribution in [0.1, 0.15) is 54.3 Å². The lowest BCUT2D eigenvalue weighted by atomic mass is 9.97. The summed E-state index contributed by atoms with van der Waals surface area (Å²) in [5, 5.41) is 8.87. The first-order valence-corrected chi connectivity index (χ1v) is 10.7. The summed E-state index contributed by atoms with van der Waals surface area (Å²) in [6.45, 7) is 6.53. The van der Waals surface area contributed by atoms with Crippen molar-refractivity contribution in [2.45, 2.75) is 57.5 Å². The summed E-state index contributed by atoms with van der Waals surface area (Å²) < 4.78 is 7.14. The molecule has 7 heteroatoms. The van der Waals surface area contributed by atoms with Gasteiger partial charge in [0.15, 0.2) is 0 Å². The topological polar surface area (TPSA) is 67.4 Å². The number of aromatic nitrogens is 3. The van der Waals surface area contributed by atoms with Gasteiger partial charge < -0.3 is 4.52 Å².